The average molecular weight is 250 g/mol. The molecule has 0 saturated heterocycles. The van der Waals surface area contributed by atoms with Crippen LogP contribution in [0, 0.1) is 0 Å². The Morgan fingerprint density at radius 2 is 1.40 bits per heavy atom. The molecule has 0 aliphatic carbocycles. The van der Waals surface area contributed by atoms with E-state index < -0.39 is 0 Å². The number of hydrogen-bond acceptors (Lipinski definition) is 0. The van der Waals surface area contributed by atoms with Gasteiger partial charge in [-0.25, -0.2) is 0 Å². The van der Waals surface area contributed by atoms with Crippen molar-refractivity contribution in [3.8, 4) is 0 Å². The topological polar surface area (TPSA) is 0 Å². The van der Waals surface area contributed by atoms with Crippen LogP contribution in [0.4, 0.5) is 0 Å². The third-order valence-electron chi connectivity index (χ3n) is 0. The van der Waals surface area contributed by atoms with Gasteiger partial charge in [-0.05, 0) is 0 Å². The van der Waals surface area contributed by atoms with Crippen LogP contribution in [0.5, 0.6) is 0 Å². The van der Waals surface area contributed by atoms with E-state index in [1.165, 1.54) is 0 Å². The molecule has 1 atom stereocenters. The molecule has 0 spiro atoms. The summed E-state index contributed by atoms with van der Waals surface area (Å²) in [6, 6.07) is 0. The molecular formula is H2MoNiP3. The van der Waals surface area contributed by atoms with Crippen molar-refractivity contribution < 1.29 is 31.5 Å². The molecule has 0 N–H and O–H groups in total. The molecule has 5 heteroatoms. The Bertz CT molecular complexity index is 80.0. The second kappa shape index (κ2) is 16.1. The minimum absolute atomic E-state index is 1.01. The summed E-state index contributed by atoms with van der Waals surface area (Å²) in [7, 11) is 9.61. The van der Waals surface area contributed by atoms with E-state index in [2.05, 4.69) is 22.1 Å². The molecule has 0 aromatic heterocycles. The summed E-state index contributed by atoms with van der Waals surface area (Å²) in [6.45, 7) is 0. The first kappa shape index (κ1) is 10.5. The zero-order chi connectivity index (χ0) is 4.71. The van der Waals surface area contributed by atoms with Crippen molar-refractivity contribution in [3.05, 3.63) is 0 Å². The van der Waals surface area contributed by atoms with E-state index in [1.54, 1.807) is 0 Å². The second-order valence-electron chi connectivity index (χ2n) is 0.0632. The summed E-state index contributed by atoms with van der Waals surface area (Å²) in [4.78, 5) is 0. The molecule has 0 aromatic carbocycles. The summed E-state index contributed by atoms with van der Waals surface area (Å²) in [5.74, 6) is 0. The monoisotopic (exact) mass is 251 g/mol. The van der Waals surface area contributed by atoms with Gasteiger partial charge >= 0.3 is 53.6 Å². The van der Waals surface area contributed by atoms with Crippen LogP contribution in [0.1, 0.15) is 0 Å². The van der Waals surface area contributed by atoms with Gasteiger partial charge in [0.05, 0.1) is 0 Å². The van der Waals surface area contributed by atoms with Crippen LogP contribution in [-0.2, 0) is 31.5 Å². The van der Waals surface area contributed by atoms with Crippen LogP contribution in [-0.4, -0.2) is 0 Å². The van der Waals surface area contributed by atoms with E-state index in [0.29, 0.717) is 0 Å². The van der Waals surface area contributed by atoms with E-state index in [9.17, 15) is 0 Å². The van der Waals surface area contributed by atoms with Gasteiger partial charge in [0.15, 0.2) is 0 Å². The predicted molar refractivity (Wildman–Crippen MR) is 23.5 cm³/mol. The molecule has 0 fully saturated rings. The van der Waals surface area contributed by atoms with Gasteiger partial charge in [0.1, 0.15) is 0 Å². The van der Waals surface area contributed by atoms with E-state index in [1.807, 2.05) is 19.3 Å². The minimum atomic E-state index is 1.01. The molecule has 0 heterocycles. The Hall–Kier alpha value is 2.47. The van der Waals surface area contributed by atoms with Gasteiger partial charge in [0, 0.05) is 0 Å². The molecule has 0 radical (unpaired) electrons. The first-order valence-electron chi connectivity index (χ1n) is 0.519. The van der Waals surface area contributed by atoms with Crippen LogP contribution in [0.15, 0.2) is 0 Å². The number of hydrogen-bond donors (Lipinski definition) is 0. The molecule has 0 aromatic rings. The van der Waals surface area contributed by atoms with Gasteiger partial charge in [-0.1, -0.05) is 0 Å². The molecule has 0 saturated carbocycles. The molecule has 0 aliphatic rings. The fourth-order valence-electron chi connectivity index (χ4n) is 0. The fraction of sp³-hybridized carbons (Fsp3) is 0. The van der Waals surface area contributed by atoms with Crippen LogP contribution >= 0.6 is 22.1 Å². The Morgan fingerprint density at radius 3 is 1.40 bits per heavy atom. The predicted octanol–water partition coefficient (Wildman–Crippen LogP) is 2.04. The molecule has 5 heavy (non-hydrogen) atoms. The quantitative estimate of drug-likeness (QED) is 0.455. The molecular weight excluding hydrogens is 248 g/mol. The molecule has 0 bridgehead atoms. The third kappa shape index (κ3) is 21.2. The van der Waals surface area contributed by atoms with Crippen molar-refractivity contribution >= 4 is 22.1 Å². The van der Waals surface area contributed by atoms with E-state index in [4.69, 9.17) is 0 Å². The number of rotatable bonds is 0. The fourth-order valence-corrected chi connectivity index (χ4v) is 0. The van der Waals surface area contributed by atoms with Crippen LogP contribution < -0.4 is 0 Å². The Morgan fingerprint density at radius 1 is 1.40 bits per heavy atom. The summed E-state index contributed by atoms with van der Waals surface area (Å²) < 4.78 is 0. The van der Waals surface area contributed by atoms with Crippen molar-refractivity contribution in [3.63, 3.8) is 0 Å². The maximum atomic E-state index is 3.59. The van der Waals surface area contributed by atoms with Gasteiger partial charge in [0.2, 0.25) is 0 Å². The van der Waals surface area contributed by atoms with Gasteiger partial charge in [0.25, 0.3) is 0 Å². The molecule has 33 valence electrons. The normalized spacial score (nSPS) is 3.80. The van der Waals surface area contributed by atoms with Crippen molar-refractivity contribution in [2.24, 2.45) is 0 Å². The van der Waals surface area contributed by atoms with Crippen LogP contribution in [0.25, 0.3) is 0 Å². The molecule has 1 unspecified atom stereocenters. The van der Waals surface area contributed by atoms with Gasteiger partial charge in [-0.3, -0.25) is 0 Å². The Kier molecular flexibility index (Phi) is 33.6. The third-order valence-corrected chi connectivity index (χ3v) is 0. The van der Waals surface area contributed by atoms with Gasteiger partial charge < -0.3 is 0 Å². The van der Waals surface area contributed by atoms with Crippen molar-refractivity contribution in [1.29, 1.82) is 0 Å². The molecule has 0 aliphatic heterocycles. The summed E-state index contributed by atoms with van der Waals surface area (Å²) in [5, 5.41) is 0. The van der Waals surface area contributed by atoms with Crippen molar-refractivity contribution in [2.75, 3.05) is 0 Å². The molecule has 0 rings (SSSR count). The van der Waals surface area contributed by atoms with E-state index in [0.717, 1.165) is 12.2 Å². The van der Waals surface area contributed by atoms with Gasteiger partial charge in [-0.2, -0.15) is 0 Å². The van der Waals surface area contributed by atoms with Crippen molar-refractivity contribution in [2.45, 2.75) is 0 Å². The maximum absolute atomic E-state index is 3.59. The van der Waals surface area contributed by atoms with Crippen molar-refractivity contribution in [1.82, 2.24) is 0 Å². The Balaban J connectivity index is 0. The van der Waals surface area contributed by atoms with Crippen LogP contribution in [0.3, 0.4) is 0 Å². The summed E-state index contributed by atoms with van der Waals surface area (Å²) >= 11 is 2.88. The summed E-state index contributed by atoms with van der Waals surface area (Å²) in [6.07, 6.45) is 0. The zero-order valence-electron chi connectivity index (χ0n) is 2.20. The first-order valence-corrected chi connectivity index (χ1v) is 7.68. The average Bonchev–Trinajstić information content (AvgIpc) is 1.46. The van der Waals surface area contributed by atoms with E-state index in [-0.39, 0.29) is 0 Å². The Labute approximate surface area is 53.4 Å². The molecule has 0 amide bonds. The standard InChI is InChI=1S/Mo.Ni.H2P.2P/h;;1H2;;/q+1;;-1;;. The second-order valence-corrected chi connectivity index (χ2v) is 2.35. The summed E-state index contributed by atoms with van der Waals surface area (Å²) in [5.41, 5.74) is 0. The first-order chi connectivity index (χ1) is 2.41. The van der Waals surface area contributed by atoms with E-state index >= 15 is 0 Å². The SMILES string of the molecule is [PH2][Mo].[P]#[Ni]#[P]. The van der Waals surface area contributed by atoms with Gasteiger partial charge in [-0.15, -0.1) is 0 Å². The van der Waals surface area contributed by atoms with Crippen LogP contribution in [0.2, 0.25) is 0 Å². The molecule has 0 nitrogen and oxygen atoms in total. The zero-order valence-corrected chi connectivity index (χ0v) is 8.13.